The van der Waals surface area contributed by atoms with Crippen LogP contribution in [-0.2, 0) is 22.0 Å². The zero-order valence-corrected chi connectivity index (χ0v) is 19.4. The molecule has 0 saturated carbocycles. The van der Waals surface area contributed by atoms with Crippen LogP contribution in [0.5, 0.6) is 0 Å². The molecule has 0 unspecified atom stereocenters. The lowest BCUT2D eigenvalue weighted by molar-refractivity contribution is -0.118. The Morgan fingerprint density at radius 2 is 1.56 bits per heavy atom. The van der Waals surface area contributed by atoms with Crippen molar-refractivity contribution in [3.05, 3.63) is 95.8 Å². The monoisotopic (exact) mass is 479 g/mol. The van der Waals surface area contributed by atoms with Gasteiger partial charge in [-0.2, -0.15) is 0 Å². The van der Waals surface area contributed by atoms with E-state index in [0.717, 1.165) is 11.3 Å². The molecule has 2 amide bonds. The third kappa shape index (κ3) is 5.88. The maximum Gasteiger partial charge on any atom is 0.254 e. The molecule has 0 aliphatic carbocycles. The van der Waals surface area contributed by atoms with Crippen molar-refractivity contribution >= 4 is 34.0 Å². The molecule has 1 aliphatic rings. The van der Waals surface area contributed by atoms with Crippen LogP contribution in [0.3, 0.4) is 0 Å². The number of anilines is 2. The molecule has 0 spiro atoms. The van der Waals surface area contributed by atoms with E-state index in [1.807, 2.05) is 48.5 Å². The van der Waals surface area contributed by atoms with Crippen LogP contribution in [0.1, 0.15) is 15.9 Å². The molecule has 1 aliphatic heterocycles. The summed E-state index contributed by atoms with van der Waals surface area (Å²) in [5.41, 5.74) is 2.20. The molecular formula is C26H26FN3O3S. The number of halogens is 1. The Kier molecular flexibility index (Phi) is 7.69. The number of rotatable bonds is 7. The number of amides is 2. The average Bonchev–Trinajstić information content (AvgIpc) is 2.85. The van der Waals surface area contributed by atoms with E-state index in [2.05, 4.69) is 15.5 Å². The van der Waals surface area contributed by atoms with Gasteiger partial charge < -0.3 is 15.5 Å². The van der Waals surface area contributed by atoms with Crippen LogP contribution in [0.4, 0.5) is 15.8 Å². The van der Waals surface area contributed by atoms with Crippen LogP contribution in [0.2, 0.25) is 0 Å². The van der Waals surface area contributed by atoms with Gasteiger partial charge in [-0.3, -0.25) is 13.8 Å². The molecule has 0 aromatic heterocycles. The highest BCUT2D eigenvalue weighted by atomic mass is 32.2. The predicted molar refractivity (Wildman–Crippen MR) is 133 cm³/mol. The summed E-state index contributed by atoms with van der Waals surface area (Å²) in [6.07, 6.45) is 0.248. The summed E-state index contributed by atoms with van der Waals surface area (Å²) in [4.78, 5) is 28.3. The number of benzene rings is 3. The molecule has 176 valence electrons. The molecule has 6 nitrogen and oxygen atoms in total. The third-order valence-electron chi connectivity index (χ3n) is 5.70. The Morgan fingerprint density at radius 3 is 2.29 bits per heavy atom. The van der Waals surface area contributed by atoms with Crippen molar-refractivity contribution in [1.29, 1.82) is 0 Å². The summed E-state index contributed by atoms with van der Waals surface area (Å²) in [5.74, 6) is -0.538. The SMILES string of the molecule is O=C(N[C@H](Cc1ccccc1)C(=O)Nc1ccccc1N1CCS(=O)CC1)c1ccccc1F. The van der Waals surface area contributed by atoms with E-state index in [4.69, 9.17) is 0 Å². The van der Waals surface area contributed by atoms with E-state index in [1.165, 1.54) is 18.2 Å². The molecule has 0 radical (unpaired) electrons. The van der Waals surface area contributed by atoms with E-state index in [-0.39, 0.29) is 12.0 Å². The third-order valence-corrected chi connectivity index (χ3v) is 6.98. The molecule has 1 heterocycles. The lowest BCUT2D eigenvalue weighted by atomic mass is 10.0. The van der Waals surface area contributed by atoms with Crippen molar-refractivity contribution in [2.24, 2.45) is 0 Å². The molecule has 1 fully saturated rings. The van der Waals surface area contributed by atoms with Gasteiger partial charge in [-0.25, -0.2) is 4.39 Å². The second kappa shape index (κ2) is 11.1. The number of hydrogen-bond donors (Lipinski definition) is 2. The van der Waals surface area contributed by atoms with Crippen LogP contribution in [0.15, 0.2) is 78.9 Å². The van der Waals surface area contributed by atoms with Crippen molar-refractivity contribution in [2.45, 2.75) is 12.5 Å². The second-order valence-electron chi connectivity index (χ2n) is 8.04. The number of hydrogen-bond acceptors (Lipinski definition) is 4. The van der Waals surface area contributed by atoms with Crippen LogP contribution in [0.25, 0.3) is 0 Å². The van der Waals surface area contributed by atoms with Gasteiger partial charge in [0.2, 0.25) is 5.91 Å². The van der Waals surface area contributed by atoms with E-state index < -0.39 is 34.5 Å². The summed E-state index contributed by atoms with van der Waals surface area (Å²) in [6.45, 7) is 1.27. The fraction of sp³-hybridized carbons (Fsp3) is 0.231. The van der Waals surface area contributed by atoms with Crippen LogP contribution in [0, 0.1) is 5.82 Å². The van der Waals surface area contributed by atoms with E-state index in [0.29, 0.717) is 30.3 Å². The highest BCUT2D eigenvalue weighted by Gasteiger charge is 2.25. The number of carbonyl (C=O) groups excluding carboxylic acids is 2. The molecule has 3 aromatic carbocycles. The van der Waals surface area contributed by atoms with Crippen LogP contribution < -0.4 is 15.5 Å². The molecular weight excluding hydrogens is 453 g/mol. The normalized spacial score (nSPS) is 14.9. The Labute approximate surface area is 200 Å². The summed E-state index contributed by atoms with van der Waals surface area (Å²) in [7, 11) is -0.816. The molecule has 8 heteroatoms. The fourth-order valence-corrected chi connectivity index (χ4v) is 4.95. The Morgan fingerprint density at radius 1 is 0.912 bits per heavy atom. The van der Waals surface area contributed by atoms with Crippen LogP contribution >= 0.6 is 0 Å². The van der Waals surface area contributed by atoms with E-state index >= 15 is 0 Å². The second-order valence-corrected chi connectivity index (χ2v) is 9.73. The summed E-state index contributed by atoms with van der Waals surface area (Å²) >= 11 is 0. The predicted octanol–water partition coefficient (Wildman–Crippen LogP) is 3.37. The Bertz CT molecular complexity index is 1180. The first kappa shape index (κ1) is 23.6. The average molecular weight is 480 g/mol. The van der Waals surface area contributed by atoms with Gasteiger partial charge >= 0.3 is 0 Å². The minimum Gasteiger partial charge on any atom is -0.368 e. The summed E-state index contributed by atoms with van der Waals surface area (Å²) < 4.78 is 25.9. The van der Waals surface area contributed by atoms with Gasteiger partial charge in [0, 0.05) is 41.8 Å². The Hall–Kier alpha value is -3.52. The van der Waals surface area contributed by atoms with Crippen molar-refractivity contribution in [1.82, 2.24) is 5.32 Å². The van der Waals surface area contributed by atoms with Crippen molar-refractivity contribution < 1.29 is 18.2 Å². The largest absolute Gasteiger partial charge is 0.368 e. The summed E-state index contributed by atoms with van der Waals surface area (Å²) in [6, 6.07) is 21.5. The number of carbonyl (C=O) groups is 2. The smallest absolute Gasteiger partial charge is 0.254 e. The quantitative estimate of drug-likeness (QED) is 0.545. The van der Waals surface area contributed by atoms with Crippen molar-refractivity contribution in [3.8, 4) is 0 Å². The van der Waals surface area contributed by atoms with Gasteiger partial charge in [-0.05, 0) is 29.8 Å². The Balaban J connectivity index is 1.56. The lowest BCUT2D eigenvalue weighted by Crippen LogP contribution is -2.45. The first-order valence-electron chi connectivity index (χ1n) is 11.1. The molecule has 1 atom stereocenters. The lowest BCUT2D eigenvalue weighted by Gasteiger charge is -2.30. The maximum atomic E-state index is 14.2. The summed E-state index contributed by atoms with van der Waals surface area (Å²) in [5, 5.41) is 5.65. The fourth-order valence-electron chi connectivity index (χ4n) is 3.89. The van der Waals surface area contributed by atoms with Gasteiger partial charge in [-0.1, -0.05) is 54.6 Å². The maximum absolute atomic E-state index is 14.2. The van der Waals surface area contributed by atoms with Crippen molar-refractivity contribution in [3.63, 3.8) is 0 Å². The van der Waals surface area contributed by atoms with Gasteiger partial charge in [-0.15, -0.1) is 0 Å². The van der Waals surface area contributed by atoms with Crippen LogP contribution in [-0.4, -0.2) is 46.7 Å². The zero-order valence-electron chi connectivity index (χ0n) is 18.6. The molecule has 2 N–H and O–H groups in total. The topological polar surface area (TPSA) is 78.5 Å². The highest BCUT2D eigenvalue weighted by Crippen LogP contribution is 2.27. The molecule has 1 saturated heterocycles. The first-order valence-corrected chi connectivity index (χ1v) is 12.6. The number of para-hydroxylation sites is 2. The standard InChI is InChI=1S/C26H26FN3O3S/c27-21-11-5-4-10-20(21)25(31)29-23(18-19-8-2-1-3-9-19)26(32)28-22-12-6-7-13-24(22)30-14-16-34(33)17-15-30/h1-13,23H,14-18H2,(H,28,32)(H,29,31)/t23-/m1/s1. The van der Waals surface area contributed by atoms with Gasteiger partial charge in [0.25, 0.3) is 5.91 Å². The number of nitrogens with zero attached hydrogens (tertiary/aromatic N) is 1. The minimum atomic E-state index is -0.920. The molecule has 34 heavy (non-hydrogen) atoms. The number of nitrogens with one attached hydrogen (secondary N) is 2. The molecule has 4 rings (SSSR count). The minimum absolute atomic E-state index is 0.116. The first-order chi connectivity index (χ1) is 16.5. The van der Waals surface area contributed by atoms with Gasteiger partial charge in [0.1, 0.15) is 11.9 Å². The van der Waals surface area contributed by atoms with Gasteiger partial charge in [0.15, 0.2) is 0 Å². The van der Waals surface area contributed by atoms with E-state index in [1.54, 1.807) is 12.1 Å². The molecule has 0 bridgehead atoms. The molecule has 3 aromatic rings. The van der Waals surface area contributed by atoms with E-state index in [9.17, 15) is 18.2 Å². The van der Waals surface area contributed by atoms with Gasteiger partial charge in [0.05, 0.1) is 16.9 Å². The zero-order chi connectivity index (χ0) is 23.9. The highest BCUT2D eigenvalue weighted by molar-refractivity contribution is 7.85. The van der Waals surface area contributed by atoms with Crippen molar-refractivity contribution in [2.75, 3.05) is 34.8 Å².